The fourth-order valence-electron chi connectivity index (χ4n) is 0.670. The first-order chi connectivity index (χ1) is 5.74. The third-order valence-corrected chi connectivity index (χ3v) is 1.43. The van der Waals surface area contributed by atoms with E-state index in [0.717, 1.165) is 0 Å². The molecule has 12 heavy (non-hydrogen) atoms. The van der Waals surface area contributed by atoms with E-state index in [9.17, 15) is 4.39 Å². The quantitative estimate of drug-likeness (QED) is 0.749. The van der Waals surface area contributed by atoms with Gasteiger partial charge < -0.3 is 11.1 Å². The van der Waals surface area contributed by atoms with Crippen LogP contribution in [-0.2, 0) is 0 Å². The van der Waals surface area contributed by atoms with E-state index in [1.807, 2.05) is 0 Å². The number of nitrogens with zero attached hydrogens (tertiary/aromatic N) is 2. The Labute approximate surface area is 74.0 Å². The van der Waals surface area contributed by atoms with E-state index in [0.29, 0.717) is 10.8 Å². The summed E-state index contributed by atoms with van der Waals surface area (Å²) in [7, 11) is 0. The monoisotopic (exact) mass is 190 g/mol. The molecule has 0 saturated carbocycles. The molecule has 0 fully saturated rings. The van der Waals surface area contributed by atoms with Gasteiger partial charge in [0.2, 0.25) is 5.95 Å². The Hall–Kier alpha value is -1.10. The van der Waals surface area contributed by atoms with Crippen molar-refractivity contribution in [1.29, 1.82) is 0 Å². The number of rotatable bonds is 3. The lowest BCUT2D eigenvalue weighted by molar-refractivity contribution is 0.512. The number of hydrogen-bond acceptors (Lipinski definition) is 4. The number of nitrogens with two attached hydrogens (primary N) is 1. The topological polar surface area (TPSA) is 63.8 Å². The number of nitrogens with one attached hydrogen (secondary N) is 1. The minimum absolute atomic E-state index is 0.112. The van der Waals surface area contributed by atoms with Gasteiger partial charge in [-0.15, -0.1) is 0 Å². The van der Waals surface area contributed by atoms with Crippen molar-refractivity contribution in [3.63, 3.8) is 0 Å². The molecule has 0 unspecified atom stereocenters. The summed E-state index contributed by atoms with van der Waals surface area (Å²) < 4.78 is 11.7. The third-order valence-electron chi connectivity index (χ3n) is 1.15. The number of alkyl halides is 1. The van der Waals surface area contributed by atoms with E-state index >= 15 is 0 Å². The predicted octanol–water partition coefficient (Wildman–Crippen LogP) is 1.09. The Kier molecular flexibility index (Phi) is 3.04. The fourth-order valence-corrected chi connectivity index (χ4v) is 0.828. The lowest BCUT2D eigenvalue weighted by atomic mass is 10.5. The van der Waals surface area contributed by atoms with Crippen molar-refractivity contribution in [3.8, 4) is 0 Å². The van der Waals surface area contributed by atoms with E-state index in [1.165, 1.54) is 6.20 Å². The summed E-state index contributed by atoms with van der Waals surface area (Å²) in [5, 5.41) is 3.00. The van der Waals surface area contributed by atoms with Crippen LogP contribution in [0.5, 0.6) is 0 Å². The molecule has 1 rings (SSSR count). The second-order valence-electron chi connectivity index (χ2n) is 2.04. The maximum atomic E-state index is 11.7. The summed E-state index contributed by atoms with van der Waals surface area (Å²) in [4.78, 5) is 7.42. The molecule has 6 heteroatoms. The second kappa shape index (κ2) is 4.06. The first-order valence-electron chi connectivity index (χ1n) is 3.32. The normalized spacial score (nSPS) is 9.83. The van der Waals surface area contributed by atoms with E-state index < -0.39 is 6.67 Å². The number of nitrogen functional groups attached to an aromatic ring is 1. The van der Waals surface area contributed by atoms with Gasteiger partial charge >= 0.3 is 0 Å². The van der Waals surface area contributed by atoms with Gasteiger partial charge in [-0.3, -0.25) is 0 Å². The van der Waals surface area contributed by atoms with Crippen molar-refractivity contribution in [3.05, 3.63) is 11.2 Å². The summed E-state index contributed by atoms with van der Waals surface area (Å²) in [6.07, 6.45) is 1.37. The van der Waals surface area contributed by atoms with Crippen LogP contribution in [0.15, 0.2) is 6.20 Å². The summed E-state index contributed by atoms with van der Waals surface area (Å²) in [5.41, 5.74) is 5.28. The Morgan fingerprint density at radius 1 is 1.67 bits per heavy atom. The lowest BCUT2D eigenvalue weighted by Gasteiger charge is -2.04. The molecule has 0 bridgehead atoms. The minimum Gasteiger partial charge on any atom is -0.368 e. The van der Waals surface area contributed by atoms with Crippen LogP contribution in [-0.4, -0.2) is 23.2 Å². The van der Waals surface area contributed by atoms with Gasteiger partial charge in [0.1, 0.15) is 11.7 Å². The number of hydrogen-bond donors (Lipinski definition) is 2. The maximum absolute atomic E-state index is 11.7. The van der Waals surface area contributed by atoms with Gasteiger partial charge in [0, 0.05) is 6.54 Å². The van der Waals surface area contributed by atoms with E-state index in [1.54, 1.807) is 0 Å². The van der Waals surface area contributed by atoms with Gasteiger partial charge in [0.15, 0.2) is 5.82 Å². The van der Waals surface area contributed by atoms with Crippen LogP contribution in [0.2, 0.25) is 5.02 Å². The molecule has 0 saturated heterocycles. The molecule has 0 amide bonds. The highest BCUT2D eigenvalue weighted by Crippen LogP contribution is 2.17. The van der Waals surface area contributed by atoms with E-state index in [4.69, 9.17) is 17.3 Å². The summed E-state index contributed by atoms with van der Waals surface area (Å²) in [5.74, 6) is 0.475. The molecule has 3 N–H and O–H groups in total. The molecule has 1 aromatic rings. The predicted molar refractivity (Wildman–Crippen MR) is 45.9 cm³/mol. The Morgan fingerprint density at radius 3 is 3.08 bits per heavy atom. The van der Waals surface area contributed by atoms with Crippen LogP contribution in [0.1, 0.15) is 0 Å². The third kappa shape index (κ3) is 2.20. The van der Waals surface area contributed by atoms with Crippen LogP contribution in [0, 0.1) is 0 Å². The molecular weight excluding hydrogens is 183 g/mol. The van der Waals surface area contributed by atoms with Crippen molar-refractivity contribution < 1.29 is 4.39 Å². The zero-order valence-electron chi connectivity index (χ0n) is 6.22. The lowest BCUT2D eigenvalue weighted by Crippen LogP contribution is -2.07. The van der Waals surface area contributed by atoms with Crippen molar-refractivity contribution in [1.82, 2.24) is 9.97 Å². The Morgan fingerprint density at radius 2 is 2.42 bits per heavy atom. The minimum atomic E-state index is -0.486. The zero-order chi connectivity index (χ0) is 8.97. The van der Waals surface area contributed by atoms with Gasteiger partial charge in [0.05, 0.1) is 6.20 Å². The Bertz CT molecular complexity index is 268. The molecular formula is C6H8ClFN4. The molecule has 0 atom stereocenters. The summed E-state index contributed by atoms with van der Waals surface area (Å²) in [6.45, 7) is -0.323. The van der Waals surface area contributed by atoms with E-state index in [-0.39, 0.29) is 12.5 Å². The van der Waals surface area contributed by atoms with Crippen LogP contribution >= 0.6 is 11.6 Å². The molecule has 0 spiro atoms. The molecule has 4 nitrogen and oxygen atoms in total. The van der Waals surface area contributed by atoms with Crippen LogP contribution in [0.25, 0.3) is 0 Å². The number of anilines is 2. The van der Waals surface area contributed by atoms with Gasteiger partial charge in [-0.1, -0.05) is 11.6 Å². The van der Waals surface area contributed by atoms with Crippen LogP contribution in [0.3, 0.4) is 0 Å². The van der Waals surface area contributed by atoms with Gasteiger partial charge in [-0.25, -0.2) is 9.37 Å². The average Bonchev–Trinajstić information content (AvgIpc) is 2.07. The molecule has 0 aliphatic heterocycles. The van der Waals surface area contributed by atoms with Gasteiger partial charge in [-0.05, 0) is 0 Å². The standard InChI is InChI=1S/C6H8ClFN4/c7-4-3-11-6(9)12-5(4)10-2-1-8/h3H,1-2H2,(H3,9,10,11,12). The summed E-state index contributed by atoms with van der Waals surface area (Å²) in [6, 6.07) is 0. The average molecular weight is 191 g/mol. The molecule has 0 radical (unpaired) electrons. The van der Waals surface area contributed by atoms with Gasteiger partial charge in [-0.2, -0.15) is 4.98 Å². The number of aromatic nitrogens is 2. The first-order valence-corrected chi connectivity index (χ1v) is 3.69. The zero-order valence-corrected chi connectivity index (χ0v) is 6.98. The largest absolute Gasteiger partial charge is 0.368 e. The van der Waals surface area contributed by atoms with Crippen molar-refractivity contribution >= 4 is 23.4 Å². The number of halogens is 2. The molecule has 1 heterocycles. The van der Waals surface area contributed by atoms with Crippen molar-refractivity contribution in [2.75, 3.05) is 24.3 Å². The molecule has 0 aliphatic rings. The summed E-state index contributed by atoms with van der Waals surface area (Å²) >= 11 is 5.67. The smallest absolute Gasteiger partial charge is 0.222 e. The second-order valence-corrected chi connectivity index (χ2v) is 2.45. The molecule has 1 aromatic heterocycles. The highest BCUT2D eigenvalue weighted by atomic mass is 35.5. The molecule has 0 aromatic carbocycles. The van der Waals surface area contributed by atoms with Crippen molar-refractivity contribution in [2.24, 2.45) is 0 Å². The molecule has 0 aliphatic carbocycles. The van der Waals surface area contributed by atoms with E-state index in [2.05, 4.69) is 15.3 Å². The highest BCUT2D eigenvalue weighted by molar-refractivity contribution is 6.32. The van der Waals surface area contributed by atoms with Crippen LogP contribution < -0.4 is 11.1 Å². The molecule has 66 valence electrons. The van der Waals surface area contributed by atoms with Crippen LogP contribution in [0.4, 0.5) is 16.2 Å². The van der Waals surface area contributed by atoms with Gasteiger partial charge in [0.25, 0.3) is 0 Å². The fraction of sp³-hybridized carbons (Fsp3) is 0.333. The SMILES string of the molecule is Nc1ncc(Cl)c(NCCF)n1. The first kappa shape index (κ1) is 8.99. The Balaban J connectivity index is 2.75. The highest BCUT2D eigenvalue weighted by Gasteiger charge is 2.01. The maximum Gasteiger partial charge on any atom is 0.222 e. The van der Waals surface area contributed by atoms with Crippen molar-refractivity contribution in [2.45, 2.75) is 0 Å².